The van der Waals surface area contributed by atoms with E-state index in [9.17, 15) is 9.59 Å². The molecule has 0 aliphatic rings. The summed E-state index contributed by atoms with van der Waals surface area (Å²) in [7, 11) is 0. The van der Waals surface area contributed by atoms with E-state index in [-0.39, 0.29) is 25.2 Å². The molecule has 0 aromatic heterocycles. The molecule has 0 spiro atoms. The number of carbonyl (C=O) groups excluding carboxylic acids is 2. The quantitative estimate of drug-likeness (QED) is 0.0346. The van der Waals surface area contributed by atoms with Gasteiger partial charge in [0, 0.05) is 19.4 Å². The Kier molecular flexibility index (Phi) is 53.4. The van der Waals surface area contributed by atoms with E-state index in [1.165, 1.54) is 103 Å². The molecule has 0 rings (SSSR count). The number of unbranched alkanes of at least 4 members (excludes halogenated alkanes) is 23. The first-order valence-electron chi connectivity index (χ1n) is 27.8. The third-order valence-corrected chi connectivity index (χ3v) is 11.6. The van der Waals surface area contributed by atoms with Gasteiger partial charge < -0.3 is 14.2 Å². The molecule has 0 fully saturated rings. The number of allylic oxidation sites excluding steroid dienone is 16. The van der Waals surface area contributed by atoms with Crippen LogP contribution in [0, 0.1) is 0 Å². The molecule has 66 heavy (non-hydrogen) atoms. The second-order valence-corrected chi connectivity index (χ2v) is 18.1. The van der Waals surface area contributed by atoms with Gasteiger partial charge in [0.25, 0.3) is 0 Å². The monoisotopic (exact) mass is 917 g/mol. The van der Waals surface area contributed by atoms with Crippen LogP contribution < -0.4 is 0 Å². The summed E-state index contributed by atoms with van der Waals surface area (Å²) in [6.45, 7) is 7.56. The van der Waals surface area contributed by atoms with Gasteiger partial charge in [-0.1, -0.05) is 221 Å². The molecule has 0 aromatic carbocycles. The number of hydrogen-bond acceptors (Lipinski definition) is 5. The fourth-order valence-corrected chi connectivity index (χ4v) is 7.51. The maximum Gasteiger partial charge on any atom is 0.306 e. The van der Waals surface area contributed by atoms with Crippen LogP contribution in [0.4, 0.5) is 0 Å². The van der Waals surface area contributed by atoms with Crippen molar-refractivity contribution in [2.45, 2.75) is 258 Å². The molecular weight excluding hydrogens is 813 g/mol. The van der Waals surface area contributed by atoms with E-state index in [1.807, 2.05) is 0 Å². The maximum atomic E-state index is 12.8. The van der Waals surface area contributed by atoms with Crippen LogP contribution in [-0.2, 0) is 23.8 Å². The Morgan fingerprint density at radius 2 is 0.682 bits per heavy atom. The first-order valence-corrected chi connectivity index (χ1v) is 27.8. The van der Waals surface area contributed by atoms with E-state index in [0.29, 0.717) is 19.4 Å². The molecule has 0 radical (unpaired) electrons. The molecule has 1 atom stereocenters. The van der Waals surface area contributed by atoms with Crippen molar-refractivity contribution in [2.24, 2.45) is 0 Å². The van der Waals surface area contributed by atoms with E-state index >= 15 is 0 Å². The Labute approximate surface area is 409 Å². The maximum absolute atomic E-state index is 12.8. The SMILES string of the molecule is CC/C=C\C/C=C\C/C=C\C/C=C\CCCCCCC(=O)OCC(COCCCCCCCC/C=C\CCCCCCCC)OC(=O)CCCCCCCCC/C=C\C/C=C\C/C=C\CC. The van der Waals surface area contributed by atoms with E-state index in [1.54, 1.807) is 0 Å². The van der Waals surface area contributed by atoms with Gasteiger partial charge in [-0.15, -0.1) is 0 Å². The molecule has 0 bridgehead atoms. The van der Waals surface area contributed by atoms with Crippen molar-refractivity contribution in [3.05, 3.63) is 97.2 Å². The van der Waals surface area contributed by atoms with Crippen LogP contribution in [0.2, 0.25) is 0 Å². The van der Waals surface area contributed by atoms with Gasteiger partial charge >= 0.3 is 11.9 Å². The molecule has 0 aromatic rings. The minimum Gasteiger partial charge on any atom is -0.462 e. The van der Waals surface area contributed by atoms with Crippen LogP contribution in [0.15, 0.2) is 97.2 Å². The van der Waals surface area contributed by atoms with Gasteiger partial charge in [0.2, 0.25) is 0 Å². The lowest BCUT2D eigenvalue weighted by atomic mass is 10.1. The van der Waals surface area contributed by atoms with Gasteiger partial charge in [0.15, 0.2) is 6.10 Å². The van der Waals surface area contributed by atoms with Crippen LogP contribution >= 0.6 is 0 Å². The van der Waals surface area contributed by atoms with Crippen molar-refractivity contribution < 1.29 is 23.8 Å². The zero-order valence-electron chi connectivity index (χ0n) is 43.4. The lowest BCUT2D eigenvalue weighted by molar-refractivity contribution is -0.163. The molecule has 1 unspecified atom stereocenters. The highest BCUT2D eigenvalue weighted by Gasteiger charge is 2.17. The zero-order chi connectivity index (χ0) is 47.7. The second kappa shape index (κ2) is 56.1. The Morgan fingerprint density at radius 3 is 1.11 bits per heavy atom. The fraction of sp³-hybridized carbons (Fsp3) is 0.705. The predicted octanol–water partition coefficient (Wildman–Crippen LogP) is 19.0. The van der Waals surface area contributed by atoms with Crippen molar-refractivity contribution in [2.75, 3.05) is 19.8 Å². The second-order valence-electron chi connectivity index (χ2n) is 18.1. The molecule has 0 aliphatic carbocycles. The summed E-state index contributed by atoms with van der Waals surface area (Å²) in [5.41, 5.74) is 0. The largest absolute Gasteiger partial charge is 0.462 e. The minimum atomic E-state index is -0.561. The van der Waals surface area contributed by atoms with Crippen molar-refractivity contribution in [1.29, 1.82) is 0 Å². The smallest absolute Gasteiger partial charge is 0.306 e. The third kappa shape index (κ3) is 53.4. The van der Waals surface area contributed by atoms with Crippen molar-refractivity contribution in [1.82, 2.24) is 0 Å². The average molecular weight is 917 g/mol. The highest BCUT2D eigenvalue weighted by atomic mass is 16.6. The first kappa shape index (κ1) is 62.8. The highest BCUT2D eigenvalue weighted by Crippen LogP contribution is 2.14. The topological polar surface area (TPSA) is 61.8 Å². The van der Waals surface area contributed by atoms with Crippen LogP contribution in [0.3, 0.4) is 0 Å². The minimum absolute atomic E-state index is 0.0618. The molecule has 0 aliphatic heterocycles. The van der Waals surface area contributed by atoms with Gasteiger partial charge in [0.05, 0.1) is 6.61 Å². The number of rotatable bonds is 50. The Morgan fingerprint density at radius 1 is 0.348 bits per heavy atom. The molecule has 0 heterocycles. The number of carbonyl (C=O) groups is 2. The van der Waals surface area contributed by atoms with E-state index in [0.717, 1.165) is 116 Å². The Balaban J connectivity index is 4.36. The van der Waals surface area contributed by atoms with E-state index in [2.05, 4.69) is 118 Å². The normalized spacial score (nSPS) is 13.0. The van der Waals surface area contributed by atoms with Crippen molar-refractivity contribution >= 4 is 11.9 Å². The standard InChI is InChI=1S/C61H104O5/c1-4-7-10-13-16-19-22-25-28-31-33-36-39-42-45-48-51-54-60(62)65-58-59(57-64-56-53-50-47-44-41-38-35-30-27-24-21-18-15-12-9-6-3)66-61(63)55-52-49-46-43-40-37-34-32-29-26-23-20-17-14-11-8-5-2/h7-8,10-11,16-17,19-20,25-30,33,36,59H,4-6,9,12-15,18,21-24,31-32,34-35,37-58H2,1-3H3/b10-7-,11-8-,19-16-,20-17-,28-25-,29-26-,30-27-,36-33-. The Hall–Kier alpha value is -3.18. The number of ether oxygens (including phenoxy) is 3. The summed E-state index contributed by atoms with van der Waals surface area (Å²) in [6, 6.07) is 0. The fourth-order valence-electron chi connectivity index (χ4n) is 7.51. The van der Waals surface area contributed by atoms with Crippen LogP contribution in [0.1, 0.15) is 252 Å². The molecular formula is C61H104O5. The van der Waals surface area contributed by atoms with Gasteiger partial charge in [-0.2, -0.15) is 0 Å². The number of esters is 2. The third-order valence-electron chi connectivity index (χ3n) is 11.6. The lowest BCUT2D eigenvalue weighted by Gasteiger charge is -2.18. The summed E-state index contributed by atoms with van der Waals surface area (Å²) < 4.78 is 17.4. The van der Waals surface area contributed by atoms with Gasteiger partial charge in [-0.25, -0.2) is 0 Å². The summed E-state index contributed by atoms with van der Waals surface area (Å²) >= 11 is 0. The summed E-state index contributed by atoms with van der Waals surface area (Å²) in [6.07, 6.45) is 75.6. The highest BCUT2D eigenvalue weighted by molar-refractivity contribution is 5.70. The lowest BCUT2D eigenvalue weighted by Crippen LogP contribution is -2.30. The van der Waals surface area contributed by atoms with Gasteiger partial charge in [0.1, 0.15) is 6.61 Å². The van der Waals surface area contributed by atoms with Crippen LogP contribution in [-0.4, -0.2) is 37.9 Å². The van der Waals surface area contributed by atoms with E-state index < -0.39 is 6.10 Å². The summed E-state index contributed by atoms with van der Waals surface area (Å²) in [5.74, 6) is -0.438. The number of hydrogen-bond donors (Lipinski definition) is 0. The van der Waals surface area contributed by atoms with E-state index in [4.69, 9.17) is 14.2 Å². The predicted molar refractivity (Wildman–Crippen MR) is 288 cm³/mol. The molecule has 0 N–H and O–H groups in total. The molecule has 0 saturated heterocycles. The van der Waals surface area contributed by atoms with Gasteiger partial charge in [-0.3, -0.25) is 9.59 Å². The molecule has 5 nitrogen and oxygen atoms in total. The van der Waals surface area contributed by atoms with Gasteiger partial charge in [-0.05, 0) is 116 Å². The average Bonchev–Trinajstić information content (AvgIpc) is 3.32. The van der Waals surface area contributed by atoms with Crippen molar-refractivity contribution in [3.8, 4) is 0 Å². The summed E-state index contributed by atoms with van der Waals surface area (Å²) in [5, 5.41) is 0. The first-order chi connectivity index (χ1) is 32.6. The van der Waals surface area contributed by atoms with Crippen LogP contribution in [0.5, 0.6) is 0 Å². The van der Waals surface area contributed by atoms with Crippen LogP contribution in [0.25, 0.3) is 0 Å². The molecule has 0 amide bonds. The Bertz CT molecular complexity index is 1270. The molecule has 5 heteroatoms. The van der Waals surface area contributed by atoms with Crippen molar-refractivity contribution in [3.63, 3.8) is 0 Å². The molecule has 0 saturated carbocycles. The summed E-state index contributed by atoms with van der Waals surface area (Å²) in [4.78, 5) is 25.5. The molecule has 378 valence electrons. The zero-order valence-corrected chi connectivity index (χ0v) is 43.4.